The number of aromatic nitrogens is 3. The molecule has 6 nitrogen and oxygen atoms in total. The molecular formula is C19H18N4O2S2. The highest BCUT2D eigenvalue weighted by Crippen LogP contribution is 2.32. The maximum Gasteiger partial charge on any atom is 0.237 e. The van der Waals surface area contributed by atoms with Gasteiger partial charge in [0.05, 0.1) is 28.3 Å². The number of methoxy groups -OCH3 is 1. The zero-order chi connectivity index (χ0) is 19.0. The lowest BCUT2D eigenvalue weighted by Crippen LogP contribution is -2.23. The molecule has 1 atom stereocenters. The highest BCUT2D eigenvalue weighted by Gasteiger charge is 2.21. The third kappa shape index (κ3) is 3.38. The lowest BCUT2D eigenvalue weighted by Gasteiger charge is -2.14. The second kappa shape index (κ2) is 7.21. The summed E-state index contributed by atoms with van der Waals surface area (Å²) < 4.78 is 8.48. The summed E-state index contributed by atoms with van der Waals surface area (Å²) in [5, 5.41) is 11.8. The Bertz CT molecular complexity index is 1140. The Balaban J connectivity index is 1.57. The average molecular weight is 399 g/mol. The number of ether oxygens (including phenoxy) is 1. The number of thioether (sulfide) groups is 1. The Morgan fingerprint density at radius 3 is 2.89 bits per heavy atom. The number of amides is 1. The Hall–Kier alpha value is -2.58. The summed E-state index contributed by atoms with van der Waals surface area (Å²) in [6, 6.07) is 13.8. The van der Waals surface area contributed by atoms with Crippen molar-refractivity contribution in [3.63, 3.8) is 0 Å². The van der Waals surface area contributed by atoms with Crippen LogP contribution in [-0.4, -0.2) is 32.9 Å². The SMILES string of the molecule is COc1ccc(C)cc1NC(=O)C(C)Sc1nnc2sc3ccccc3n12. The van der Waals surface area contributed by atoms with Crippen LogP contribution in [0.3, 0.4) is 0 Å². The van der Waals surface area contributed by atoms with E-state index in [1.165, 1.54) is 11.8 Å². The van der Waals surface area contributed by atoms with Crippen LogP contribution in [0.1, 0.15) is 12.5 Å². The van der Waals surface area contributed by atoms with Crippen LogP contribution in [0.5, 0.6) is 5.75 Å². The van der Waals surface area contributed by atoms with Crippen LogP contribution >= 0.6 is 23.1 Å². The van der Waals surface area contributed by atoms with Gasteiger partial charge in [0, 0.05) is 0 Å². The molecule has 4 rings (SSSR count). The van der Waals surface area contributed by atoms with Crippen LogP contribution < -0.4 is 10.1 Å². The van der Waals surface area contributed by atoms with Gasteiger partial charge < -0.3 is 10.1 Å². The normalized spacial score (nSPS) is 12.4. The van der Waals surface area contributed by atoms with E-state index in [1.807, 2.05) is 54.6 Å². The first kappa shape index (κ1) is 17.8. The van der Waals surface area contributed by atoms with E-state index >= 15 is 0 Å². The van der Waals surface area contributed by atoms with Crippen molar-refractivity contribution in [3.8, 4) is 5.75 Å². The van der Waals surface area contributed by atoms with Gasteiger partial charge in [-0.2, -0.15) is 0 Å². The number of anilines is 1. The zero-order valence-electron chi connectivity index (χ0n) is 15.1. The molecule has 0 aliphatic carbocycles. The van der Waals surface area contributed by atoms with Crippen molar-refractivity contribution in [2.24, 2.45) is 0 Å². The van der Waals surface area contributed by atoms with Crippen molar-refractivity contribution in [3.05, 3.63) is 48.0 Å². The number of thiazole rings is 1. The molecule has 27 heavy (non-hydrogen) atoms. The third-order valence-corrected chi connectivity index (χ3v) is 6.23. The van der Waals surface area contributed by atoms with E-state index in [0.717, 1.165) is 20.7 Å². The zero-order valence-corrected chi connectivity index (χ0v) is 16.7. The van der Waals surface area contributed by atoms with E-state index in [2.05, 4.69) is 21.6 Å². The molecule has 2 aromatic heterocycles. The number of hydrogen-bond donors (Lipinski definition) is 1. The number of nitrogens with one attached hydrogen (secondary N) is 1. The minimum Gasteiger partial charge on any atom is -0.495 e. The van der Waals surface area contributed by atoms with Gasteiger partial charge in [0.25, 0.3) is 0 Å². The Morgan fingerprint density at radius 2 is 2.07 bits per heavy atom. The Kier molecular flexibility index (Phi) is 4.75. The fourth-order valence-corrected chi connectivity index (χ4v) is 4.68. The first-order chi connectivity index (χ1) is 13.1. The maximum absolute atomic E-state index is 12.7. The second-order valence-corrected chi connectivity index (χ2v) is 8.44. The second-order valence-electron chi connectivity index (χ2n) is 6.12. The third-order valence-electron chi connectivity index (χ3n) is 4.18. The minimum atomic E-state index is -0.346. The van der Waals surface area contributed by atoms with Gasteiger partial charge in [-0.05, 0) is 43.7 Å². The fourth-order valence-electron chi connectivity index (χ4n) is 2.80. The number of carbonyl (C=O) groups excluding carboxylic acids is 1. The van der Waals surface area contributed by atoms with E-state index in [1.54, 1.807) is 18.4 Å². The number of benzene rings is 2. The van der Waals surface area contributed by atoms with E-state index in [0.29, 0.717) is 16.6 Å². The van der Waals surface area contributed by atoms with Crippen molar-refractivity contribution in [2.45, 2.75) is 24.3 Å². The van der Waals surface area contributed by atoms with Crippen molar-refractivity contribution in [1.29, 1.82) is 0 Å². The predicted octanol–water partition coefficient (Wildman–Crippen LogP) is 4.38. The monoisotopic (exact) mass is 398 g/mol. The van der Waals surface area contributed by atoms with Gasteiger partial charge >= 0.3 is 0 Å². The van der Waals surface area contributed by atoms with E-state index in [4.69, 9.17) is 4.74 Å². The average Bonchev–Trinajstić information content (AvgIpc) is 3.21. The summed E-state index contributed by atoms with van der Waals surface area (Å²) >= 11 is 2.97. The predicted molar refractivity (Wildman–Crippen MR) is 110 cm³/mol. The molecule has 0 fully saturated rings. The highest BCUT2D eigenvalue weighted by molar-refractivity contribution is 8.00. The van der Waals surface area contributed by atoms with E-state index in [9.17, 15) is 4.79 Å². The standard InChI is InChI=1S/C19H18N4O2S2/c1-11-8-9-15(25-3)13(10-11)20-17(24)12(2)26-18-21-22-19-23(18)14-6-4-5-7-16(14)27-19/h4-10,12H,1-3H3,(H,20,24). The molecule has 0 aliphatic rings. The van der Waals surface area contributed by atoms with Gasteiger partial charge in [0.15, 0.2) is 5.16 Å². The van der Waals surface area contributed by atoms with Crippen LogP contribution in [-0.2, 0) is 4.79 Å². The number of aryl methyl sites for hydroxylation is 1. The molecule has 0 radical (unpaired) electrons. The first-order valence-corrected chi connectivity index (χ1v) is 10.1. The Morgan fingerprint density at radius 1 is 1.26 bits per heavy atom. The van der Waals surface area contributed by atoms with Crippen LogP contribution in [0, 0.1) is 6.92 Å². The molecule has 0 spiro atoms. The number of fused-ring (bicyclic) bond motifs is 3. The largest absolute Gasteiger partial charge is 0.495 e. The van der Waals surface area contributed by atoms with Crippen LogP contribution in [0.15, 0.2) is 47.6 Å². The smallest absolute Gasteiger partial charge is 0.237 e. The maximum atomic E-state index is 12.7. The van der Waals surface area contributed by atoms with Crippen LogP contribution in [0.4, 0.5) is 5.69 Å². The topological polar surface area (TPSA) is 68.5 Å². The molecule has 1 amide bonds. The summed E-state index contributed by atoms with van der Waals surface area (Å²) in [5.41, 5.74) is 2.77. The molecule has 0 bridgehead atoms. The molecule has 138 valence electrons. The van der Waals surface area contributed by atoms with Crippen molar-refractivity contribution < 1.29 is 9.53 Å². The Labute approximate surface area is 164 Å². The summed E-state index contributed by atoms with van der Waals surface area (Å²) in [6.45, 7) is 3.83. The number of nitrogens with zero attached hydrogens (tertiary/aromatic N) is 3. The number of hydrogen-bond acceptors (Lipinski definition) is 6. The van der Waals surface area contributed by atoms with Gasteiger partial charge in [-0.1, -0.05) is 41.3 Å². The molecule has 0 saturated heterocycles. The molecule has 2 heterocycles. The summed E-state index contributed by atoms with van der Waals surface area (Å²) in [5.74, 6) is 0.528. The highest BCUT2D eigenvalue weighted by atomic mass is 32.2. The lowest BCUT2D eigenvalue weighted by atomic mass is 10.2. The van der Waals surface area contributed by atoms with Crippen LogP contribution in [0.2, 0.25) is 0 Å². The molecule has 1 N–H and O–H groups in total. The fraction of sp³-hybridized carbons (Fsp3) is 0.211. The quantitative estimate of drug-likeness (QED) is 0.505. The first-order valence-electron chi connectivity index (χ1n) is 8.41. The molecule has 0 saturated carbocycles. The van der Waals surface area contributed by atoms with Crippen molar-refractivity contribution in [2.75, 3.05) is 12.4 Å². The molecule has 4 aromatic rings. The van der Waals surface area contributed by atoms with Gasteiger partial charge in [0.1, 0.15) is 5.75 Å². The molecule has 0 aliphatic heterocycles. The van der Waals surface area contributed by atoms with Crippen LogP contribution in [0.25, 0.3) is 15.2 Å². The molecule has 2 aromatic carbocycles. The number of rotatable bonds is 5. The van der Waals surface area contributed by atoms with E-state index < -0.39 is 0 Å². The summed E-state index contributed by atoms with van der Waals surface area (Å²) in [6.07, 6.45) is 0. The van der Waals surface area contributed by atoms with Gasteiger partial charge in [-0.3, -0.25) is 9.20 Å². The molecular weight excluding hydrogens is 380 g/mol. The minimum absolute atomic E-state index is 0.111. The lowest BCUT2D eigenvalue weighted by molar-refractivity contribution is -0.115. The van der Waals surface area contributed by atoms with Crippen molar-refractivity contribution in [1.82, 2.24) is 14.6 Å². The summed E-state index contributed by atoms with van der Waals surface area (Å²) in [4.78, 5) is 13.5. The number of carbonyl (C=O) groups is 1. The molecule has 8 heteroatoms. The number of para-hydroxylation sites is 1. The van der Waals surface area contributed by atoms with Gasteiger partial charge in [-0.25, -0.2) is 0 Å². The van der Waals surface area contributed by atoms with E-state index in [-0.39, 0.29) is 11.2 Å². The van der Waals surface area contributed by atoms with Crippen molar-refractivity contribution >= 4 is 49.9 Å². The van der Waals surface area contributed by atoms with Gasteiger partial charge in [0.2, 0.25) is 10.9 Å². The summed E-state index contributed by atoms with van der Waals surface area (Å²) in [7, 11) is 1.59. The molecule has 1 unspecified atom stereocenters. The van der Waals surface area contributed by atoms with Gasteiger partial charge in [-0.15, -0.1) is 10.2 Å².